The molecule has 1 aliphatic heterocycles. The number of amides is 1. The molecule has 1 aliphatic rings. The molecule has 1 saturated heterocycles. The van der Waals surface area contributed by atoms with Crippen molar-refractivity contribution >= 4 is 11.6 Å². The summed E-state index contributed by atoms with van der Waals surface area (Å²) in [6.07, 6.45) is 0. The molecule has 1 aromatic rings. The van der Waals surface area contributed by atoms with Crippen LogP contribution in [0.1, 0.15) is 24.2 Å². The second-order valence-electron chi connectivity index (χ2n) is 4.57. The Morgan fingerprint density at radius 2 is 1.76 bits per heavy atom. The second-order valence-corrected chi connectivity index (χ2v) is 4.57. The summed E-state index contributed by atoms with van der Waals surface area (Å²) in [5, 5.41) is 0. The van der Waals surface area contributed by atoms with Crippen LogP contribution in [0.3, 0.4) is 0 Å². The lowest BCUT2D eigenvalue weighted by molar-refractivity contribution is -0.0249. The van der Waals surface area contributed by atoms with Crippen LogP contribution in [0.25, 0.3) is 0 Å². The Morgan fingerprint density at radius 1 is 1.24 bits per heavy atom. The van der Waals surface area contributed by atoms with Gasteiger partial charge in [-0.05, 0) is 38.1 Å². The van der Waals surface area contributed by atoms with Crippen LogP contribution in [0.5, 0.6) is 0 Å². The van der Waals surface area contributed by atoms with E-state index in [1.165, 1.54) is 0 Å². The van der Waals surface area contributed by atoms with Crippen LogP contribution in [0, 0.1) is 0 Å². The number of rotatable bonds is 1. The van der Waals surface area contributed by atoms with Crippen molar-refractivity contribution in [3.05, 3.63) is 29.8 Å². The maximum absolute atomic E-state index is 12.4. The van der Waals surface area contributed by atoms with Gasteiger partial charge in [0.1, 0.15) is 0 Å². The zero-order valence-electron chi connectivity index (χ0n) is 10.2. The van der Waals surface area contributed by atoms with Gasteiger partial charge in [0.05, 0.1) is 25.3 Å². The van der Waals surface area contributed by atoms with Crippen LogP contribution >= 0.6 is 0 Å². The Bertz CT molecular complexity index is 392. The summed E-state index contributed by atoms with van der Waals surface area (Å²) < 4.78 is 5.42. The average Bonchev–Trinajstić information content (AvgIpc) is 2.29. The normalized spacial score (nSPS) is 24.7. The van der Waals surface area contributed by atoms with Crippen molar-refractivity contribution in [3.63, 3.8) is 0 Å². The number of ether oxygens (including phenoxy) is 1. The van der Waals surface area contributed by atoms with Crippen LogP contribution in [0.2, 0.25) is 0 Å². The van der Waals surface area contributed by atoms with Gasteiger partial charge in [-0.15, -0.1) is 0 Å². The highest BCUT2D eigenvalue weighted by atomic mass is 16.5. The lowest BCUT2D eigenvalue weighted by Crippen LogP contribution is -2.52. The molecular weight excluding hydrogens is 216 g/mol. The first-order valence-electron chi connectivity index (χ1n) is 5.85. The van der Waals surface area contributed by atoms with Gasteiger partial charge in [0.2, 0.25) is 0 Å². The number of hydrogen-bond acceptors (Lipinski definition) is 3. The number of anilines is 1. The number of morpholine rings is 1. The number of carbonyl (C=O) groups excluding carboxylic acids is 1. The highest BCUT2D eigenvalue weighted by Crippen LogP contribution is 2.17. The zero-order valence-corrected chi connectivity index (χ0v) is 10.2. The Balaban J connectivity index is 2.20. The monoisotopic (exact) mass is 234 g/mol. The quantitative estimate of drug-likeness (QED) is 0.749. The summed E-state index contributed by atoms with van der Waals surface area (Å²) in [4.78, 5) is 14.2. The van der Waals surface area contributed by atoms with Gasteiger partial charge in [-0.3, -0.25) is 4.79 Å². The number of nitrogen functional groups attached to an aromatic ring is 1. The maximum atomic E-state index is 12.4. The van der Waals surface area contributed by atoms with E-state index in [2.05, 4.69) is 0 Å². The average molecular weight is 234 g/mol. The van der Waals surface area contributed by atoms with Crippen molar-refractivity contribution < 1.29 is 9.53 Å². The number of hydrogen-bond donors (Lipinski definition) is 1. The lowest BCUT2D eigenvalue weighted by atomic mass is 10.1. The zero-order chi connectivity index (χ0) is 12.4. The predicted octanol–water partition coefficient (Wildman–Crippen LogP) is 1.52. The standard InChI is InChI=1S/C13H18N2O2/c1-9-7-17-8-10(2)15(9)13(16)11-3-5-12(14)6-4-11/h3-6,9-10H,7-8,14H2,1-2H3. The Hall–Kier alpha value is -1.55. The third-order valence-corrected chi connectivity index (χ3v) is 3.06. The van der Waals surface area contributed by atoms with Crippen LogP contribution in [-0.2, 0) is 4.74 Å². The van der Waals surface area contributed by atoms with Gasteiger partial charge in [0.15, 0.2) is 0 Å². The van der Waals surface area contributed by atoms with Gasteiger partial charge in [-0.1, -0.05) is 0 Å². The van der Waals surface area contributed by atoms with Crippen LogP contribution < -0.4 is 5.73 Å². The topological polar surface area (TPSA) is 55.6 Å². The van der Waals surface area contributed by atoms with Gasteiger partial charge in [0.25, 0.3) is 5.91 Å². The van der Waals surface area contributed by atoms with Crippen molar-refractivity contribution in [1.29, 1.82) is 0 Å². The largest absolute Gasteiger partial charge is 0.399 e. The molecule has 4 nitrogen and oxygen atoms in total. The molecule has 0 bridgehead atoms. The van der Waals surface area contributed by atoms with Gasteiger partial charge in [-0.25, -0.2) is 0 Å². The third-order valence-electron chi connectivity index (χ3n) is 3.06. The molecule has 1 fully saturated rings. The van der Waals surface area contributed by atoms with E-state index in [-0.39, 0.29) is 18.0 Å². The van der Waals surface area contributed by atoms with Crippen LogP contribution in [-0.4, -0.2) is 36.1 Å². The van der Waals surface area contributed by atoms with E-state index >= 15 is 0 Å². The molecule has 2 atom stereocenters. The first-order valence-corrected chi connectivity index (χ1v) is 5.85. The number of nitrogens with two attached hydrogens (primary N) is 1. The number of benzene rings is 1. The highest BCUT2D eigenvalue weighted by Gasteiger charge is 2.30. The Kier molecular flexibility index (Phi) is 3.33. The molecule has 2 unspecified atom stereocenters. The third kappa shape index (κ3) is 2.42. The number of nitrogens with zero attached hydrogens (tertiary/aromatic N) is 1. The second kappa shape index (κ2) is 4.75. The van der Waals surface area contributed by atoms with E-state index in [4.69, 9.17) is 10.5 Å². The molecule has 92 valence electrons. The van der Waals surface area contributed by atoms with Crippen molar-refractivity contribution in [2.75, 3.05) is 18.9 Å². The molecule has 0 saturated carbocycles. The summed E-state index contributed by atoms with van der Waals surface area (Å²) in [6.45, 7) is 5.21. The molecule has 17 heavy (non-hydrogen) atoms. The van der Waals surface area contributed by atoms with Crippen LogP contribution in [0.4, 0.5) is 5.69 Å². The van der Waals surface area contributed by atoms with Crippen molar-refractivity contribution in [2.45, 2.75) is 25.9 Å². The number of carbonyl (C=O) groups is 1. The SMILES string of the molecule is CC1COCC(C)N1C(=O)c1ccc(N)cc1. The minimum absolute atomic E-state index is 0.0494. The first-order chi connectivity index (χ1) is 8.09. The minimum atomic E-state index is 0.0494. The molecule has 0 aliphatic carbocycles. The van der Waals surface area contributed by atoms with E-state index in [1.807, 2.05) is 18.7 Å². The maximum Gasteiger partial charge on any atom is 0.254 e. The molecular formula is C13H18N2O2. The van der Waals surface area contributed by atoms with Gasteiger partial charge < -0.3 is 15.4 Å². The Morgan fingerprint density at radius 3 is 2.29 bits per heavy atom. The molecule has 1 heterocycles. The van der Waals surface area contributed by atoms with E-state index < -0.39 is 0 Å². The fraction of sp³-hybridized carbons (Fsp3) is 0.462. The summed E-state index contributed by atoms with van der Waals surface area (Å²) in [7, 11) is 0. The van der Waals surface area contributed by atoms with Gasteiger partial charge in [0, 0.05) is 11.3 Å². The molecule has 2 rings (SSSR count). The van der Waals surface area contributed by atoms with Crippen molar-refractivity contribution in [3.8, 4) is 0 Å². The van der Waals surface area contributed by atoms with Crippen LogP contribution in [0.15, 0.2) is 24.3 Å². The van der Waals surface area contributed by atoms with Gasteiger partial charge in [-0.2, -0.15) is 0 Å². The first kappa shape index (κ1) is 11.9. The van der Waals surface area contributed by atoms with E-state index in [0.717, 1.165) is 0 Å². The fourth-order valence-corrected chi connectivity index (χ4v) is 2.18. The van der Waals surface area contributed by atoms with Crippen molar-refractivity contribution in [1.82, 2.24) is 4.90 Å². The van der Waals surface area contributed by atoms with E-state index in [9.17, 15) is 4.79 Å². The lowest BCUT2D eigenvalue weighted by Gasteiger charge is -2.38. The van der Waals surface area contributed by atoms with E-state index in [0.29, 0.717) is 24.5 Å². The summed E-state index contributed by atoms with van der Waals surface area (Å²) >= 11 is 0. The van der Waals surface area contributed by atoms with Crippen molar-refractivity contribution in [2.24, 2.45) is 0 Å². The molecule has 1 aromatic carbocycles. The molecule has 1 amide bonds. The minimum Gasteiger partial charge on any atom is -0.399 e. The molecule has 0 aromatic heterocycles. The van der Waals surface area contributed by atoms with Gasteiger partial charge >= 0.3 is 0 Å². The summed E-state index contributed by atoms with van der Waals surface area (Å²) in [5.74, 6) is 0.0494. The molecule has 0 spiro atoms. The van der Waals surface area contributed by atoms with E-state index in [1.54, 1.807) is 24.3 Å². The molecule has 0 radical (unpaired) electrons. The predicted molar refractivity (Wildman–Crippen MR) is 66.8 cm³/mol. The smallest absolute Gasteiger partial charge is 0.254 e. The Labute approximate surface area is 101 Å². The summed E-state index contributed by atoms with van der Waals surface area (Å²) in [6, 6.07) is 7.28. The fourth-order valence-electron chi connectivity index (χ4n) is 2.18. The highest BCUT2D eigenvalue weighted by molar-refractivity contribution is 5.95. The molecule has 4 heteroatoms. The molecule has 2 N–H and O–H groups in total. The summed E-state index contributed by atoms with van der Waals surface area (Å²) in [5.41, 5.74) is 6.97.